The van der Waals surface area contributed by atoms with Crippen LogP contribution in [0, 0.1) is 17.3 Å². The van der Waals surface area contributed by atoms with Gasteiger partial charge in [-0.25, -0.2) is 4.79 Å². The van der Waals surface area contributed by atoms with E-state index in [9.17, 15) is 9.90 Å². The lowest BCUT2D eigenvalue weighted by molar-refractivity contribution is -0.181. The van der Waals surface area contributed by atoms with E-state index in [1.807, 2.05) is 31.7 Å². The van der Waals surface area contributed by atoms with Crippen LogP contribution in [0.2, 0.25) is 0 Å². The fourth-order valence-electron chi connectivity index (χ4n) is 6.10. The number of nitrogens with zero attached hydrogens (tertiary/aromatic N) is 1. The second kappa shape index (κ2) is 9.25. The highest BCUT2D eigenvalue weighted by Crippen LogP contribution is 2.56. The highest BCUT2D eigenvalue weighted by atomic mass is 16.6. The van der Waals surface area contributed by atoms with Crippen LogP contribution in [0.1, 0.15) is 91.7 Å². The quantitative estimate of drug-likeness (QED) is 0.543. The third kappa shape index (κ3) is 5.32. The molecule has 1 amide bonds. The van der Waals surface area contributed by atoms with Crippen molar-refractivity contribution in [1.29, 1.82) is 0 Å². The number of hydrogen-bond acceptors (Lipinski definition) is 5. The van der Waals surface area contributed by atoms with Gasteiger partial charge < -0.3 is 24.2 Å². The number of rotatable bonds is 4. The molecule has 3 aliphatic heterocycles. The van der Waals surface area contributed by atoms with Crippen LogP contribution < -0.4 is 4.74 Å². The van der Waals surface area contributed by atoms with Gasteiger partial charge in [0.05, 0.1) is 12.7 Å². The molecule has 2 saturated heterocycles. The van der Waals surface area contributed by atoms with Crippen LogP contribution in [0.25, 0.3) is 0 Å². The van der Waals surface area contributed by atoms with Crippen molar-refractivity contribution in [3.8, 4) is 11.5 Å². The van der Waals surface area contributed by atoms with Crippen LogP contribution in [0.4, 0.5) is 4.79 Å². The highest BCUT2D eigenvalue weighted by Gasteiger charge is 2.55. The van der Waals surface area contributed by atoms with Crippen molar-refractivity contribution in [3.05, 3.63) is 23.8 Å². The first-order valence-electron chi connectivity index (χ1n) is 13.0. The van der Waals surface area contributed by atoms with E-state index in [-0.39, 0.29) is 34.9 Å². The molecule has 190 valence electrons. The van der Waals surface area contributed by atoms with Crippen LogP contribution in [-0.4, -0.2) is 47.0 Å². The lowest BCUT2D eigenvalue weighted by Gasteiger charge is -2.55. The highest BCUT2D eigenvalue weighted by molar-refractivity contribution is 5.68. The van der Waals surface area contributed by atoms with E-state index in [0.717, 1.165) is 56.4 Å². The van der Waals surface area contributed by atoms with Crippen molar-refractivity contribution in [2.75, 3.05) is 19.7 Å². The predicted molar refractivity (Wildman–Crippen MR) is 132 cm³/mol. The van der Waals surface area contributed by atoms with Gasteiger partial charge in [-0.2, -0.15) is 0 Å². The van der Waals surface area contributed by atoms with Crippen LogP contribution >= 0.6 is 0 Å². The van der Waals surface area contributed by atoms with Crippen molar-refractivity contribution in [2.45, 2.75) is 97.4 Å². The van der Waals surface area contributed by atoms with Crippen molar-refractivity contribution < 1.29 is 24.1 Å². The van der Waals surface area contributed by atoms with E-state index < -0.39 is 5.60 Å². The summed E-state index contributed by atoms with van der Waals surface area (Å²) < 4.78 is 19.0. The normalized spacial score (nSPS) is 31.1. The van der Waals surface area contributed by atoms with Gasteiger partial charge in [-0.1, -0.05) is 20.3 Å². The Labute approximate surface area is 204 Å². The van der Waals surface area contributed by atoms with E-state index in [2.05, 4.69) is 20.8 Å². The van der Waals surface area contributed by atoms with E-state index in [0.29, 0.717) is 19.1 Å². The zero-order valence-electron chi connectivity index (χ0n) is 21.9. The predicted octanol–water partition coefficient (Wildman–Crippen LogP) is 6.46. The summed E-state index contributed by atoms with van der Waals surface area (Å²) in [5.41, 5.74) is 0.0472. The number of phenols is 1. The molecule has 1 spiro atoms. The number of likely N-dealkylation sites (tertiary alicyclic amines) is 1. The molecular formula is C28H43NO5. The molecule has 6 nitrogen and oxygen atoms in total. The number of fused-ring (bicyclic) bond motifs is 3. The summed E-state index contributed by atoms with van der Waals surface area (Å²) in [5.74, 6) is 1.79. The molecule has 1 aromatic carbocycles. The average molecular weight is 474 g/mol. The maximum absolute atomic E-state index is 12.9. The smallest absolute Gasteiger partial charge is 0.410 e. The number of benzene rings is 1. The van der Waals surface area contributed by atoms with E-state index in [1.165, 1.54) is 0 Å². The topological polar surface area (TPSA) is 68.2 Å². The Morgan fingerprint density at radius 1 is 1.32 bits per heavy atom. The van der Waals surface area contributed by atoms with Crippen molar-refractivity contribution in [3.63, 3.8) is 0 Å². The Balaban J connectivity index is 1.59. The summed E-state index contributed by atoms with van der Waals surface area (Å²) in [6.07, 6.45) is 5.84. The SMILES string of the molecule is CC(C)CCC[C@]1(C)Oc2cc(O)ccc2[C@H]2OCC3(CCCN(C(=O)OC(C)(C)C)C3)C[C@@H]21. The standard InChI is InChI=1S/C28H43NO5/c1-19(2)9-7-12-27(6)22-16-28(13-8-14-29(17-28)25(31)34-26(3,4)5)18-32-24(22)21-11-10-20(30)15-23(21)33-27/h10-11,15,19,22,24,30H,7-9,12-14,16-18H2,1-6H3/t22-,24+,27-,28?/m0/s1. The minimum absolute atomic E-state index is 0.0593. The largest absolute Gasteiger partial charge is 0.508 e. The van der Waals surface area contributed by atoms with Gasteiger partial charge in [0.25, 0.3) is 0 Å². The molecule has 3 heterocycles. The first kappa shape index (κ1) is 25.2. The third-order valence-electron chi connectivity index (χ3n) is 7.79. The summed E-state index contributed by atoms with van der Waals surface area (Å²) in [6, 6.07) is 5.39. The zero-order chi connectivity index (χ0) is 24.7. The molecule has 0 saturated carbocycles. The summed E-state index contributed by atoms with van der Waals surface area (Å²) in [5, 5.41) is 10.1. The Kier molecular flexibility index (Phi) is 6.84. The number of ether oxygens (including phenoxy) is 3. The number of amides is 1. The first-order chi connectivity index (χ1) is 15.9. The van der Waals surface area contributed by atoms with E-state index >= 15 is 0 Å². The molecule has 6 heteroatoms. The van der Waals surface area contributed by atoms with E-state index in [4.69, 9.17) is 14.2 Å². The van der Waals surface area contributed by atoms with Crippen LogP contribution in [0.5, 0.6) is 11.5 Å². The molecule has 1 N–H and O–H groups in total. The number of aromatic hydroxyl groups is 1. The molecule has 0 aliphatic carbocycles. The van der Waals surface area contributed by atoms with Crippen molar-refractivity contribution in [2.24, 2.45) is 17.3 Å². The second-order valence-corrected chi connectivity index (χ2v) is 12.5. The Hall–Kier alpha value is -1.95. The maximum atomic E-state index is 12.9. The molecule has 0 aromatic heterocycles. The number of carbonyl (C=O) groups is 1. The fourth-order valence-corrected chi connectivity index (χ4v) is 6.10. The van der Waals surface area contributed by atoms with Gasteiger partial charge in [-0.15, -0.1) is 0 Å². The number of phenolic OH excluding ortho intramolecular Hbond substituents is 1. The summed E-state index contributed by atoms with van der Waals surface area (Å²) in [7, 11) is 0. The molecule has 4 atom stereocenters. The molecule has 0 bridgehead atoms. The molecule has 2 fully saturated rings. The molecule has 4 rings (SSSR count). The summed E-state index contributed by atoms with van der Waals surface area (Å²) in [6.45, 7) is 14.5. The van der Waals surface area contributed by atoms with Gasteiger partial charge in [0, 0.05) is 36.1 Å². The minimum atomic E-state index is -0.503. The van der Waals surface area contributed by atoms with Crippen molar-refractivity contribution >= 4 is 6.09 Å². The Morgan fingerprint density at radius 2 is 2.09 bits per heavy atom. The molecule has 3 aliphatic rings. The zero-order valence-corrected chi connectivity index (χ0v) is 21.9. The third-order valence-corrected chi connectivity index (χ3v) is 7.79. The number of carbonyl (C=O) groups excluding carboxylic acids is 1. The van der Waals surface area contributed by atoms with Crippen LogP contribution in [-0.2, 0) is 9.47 Å². The minimum Gasteiger partial charge on any atom is -0.508 e. The number of hydrogen-bond donors (Lipinski definition) is 1. The Morgan fingerprint density at radius 3 is 2.79 bits per heavy atom. The number of piperidine rings is 1. The van der Waals surface area contributed by atoms with E-state index in [1.54, 1.807) is 12.1 Å². The average Bonchev–Trinajstić information content (AvgIpc) is 2.72. The van der Waals surface area contributed by atoms with Crippen molar-refractivity contribution in [1.82, 2.24) is 4.90 Å². The summed E-state index contributed by atoms with van der Waals surface area (Å²) in [4.78, 5) is 14.7. The van der Waals surface area contributed by atoms with Gasteiger partial charge in [-0.05, 0) is 77.8 Å². The lowest BCUT2D eigenvalue weighted by Crippen LogP contribution is -2.57. The fraction of sp³-hybridized carbons (Fsp3) is 0.750. The monoisotopic (exact) mass is 473 g/mol. The Bertz CT molecular complexity index is 893. The molecule has 1 unspecified atom stereocenters. The molecule has 34 heavy (non-hydrogen) atoms. The maximum Gasteiger partial charge on any atom is 0.410 e. The van der Waals surface area contributed by atoms with Gasteiger partial charge >= 0.3 is 6.09 Å². The van der Waals surface area contributed by atoms with Gasteiger partial charge in [0.15, 0.2) is 0 Å². The molecular weight excluding hydrogens is 430 g/mol. The molecule has 0 radical (unpaired) electrons. The van der Waals surface area contributed by atoms with Gasteiger partial charge in [-0.3, -0.25) is 0 Å². The van der Waals surface area contributed by atoms with Gasteiger partial charge in [0.1, 0.15) is 22.7 Å². The second-order valence-electron chi connectivity index (χ2n) is 12.5. The molecule has 1 aromatic rings. The first-order valence-corrected chi connectivity index (χ1v) is 13.0. The van der Waals surface area contributed by atoms with Crippen LogP contribution in [0.15, 0.2) is 18.2 Å². The van der Waals surface area contributed by atoms with Crippen LogP contribution in [0.3, 0.4) is 0 Å². The lowest BCUT2D eigenvalue weighted by atomic mass is 9.64. The summed E-state index contributed by atoms with van der Waals surface area (Å²) >= 11 is 0. The van der Waals surface area contributed by atoms with Gasteiger partial charge in [0.2, 0.25) is 0 Å².